The van der Waals surface area contributed by atoms with Crippen molar-refractivity contribution in [3.8, 4) is 0 Å². The zero-order valence-corrected chi connectivity index (χ0v) is 13.6. The van der Waals surface area contributed by atoms with E-state index in [4.69, 9.17) is 5.73 Å². The Morgan fingerprint density at radius 1 is 1.26 bits per heavy atom. The molecule has 0 radical (unpaired) electrons. The number of nitrogens with two attached hydrogens (primary N) is 1. The molecule has 0 atom stereocenters. The number of nitrogens with zero attached hydrogens (tertiary/aromatic N) is 1. The van der Waals surface area contributed by atoms with Crippen LogP contribution in [-0.2, 0) is 11.3 Å². The van der Waals surface area contributed by atoms with Gasteiger partial charge in [0.2, 0.25) is 0 Å². The van der Waals surface area contributed by atoms with Crippen LogP contribution in [0.15, 0.2) is 45.4 Å². The molecule has 0 spiro atoms. The molecule has 19 heavy (non-hydrogen) atoms. The fourth-order valence-electron chi connectivity index (χ4n) is 1.94. The van der Waals surface area contributed by atoms with E-state index in [-0.39, 0.29) is 11.8 Å². The highest BCUT2D eigenvalue weighted by Gasteiger charge is 2.14. The largest absolute Gasteiger partial charge is 0.398 e. The maximum absolute atomic E-state index is 11.1. The van der Waals surface area contributed by atoms with E-state index < -0.39 is 0 Å². The third-order valence-corrected chi connectivity index (χ3v) is 4.14. The molecule has 0 bridgehead atoms. The quantitative estimate of drug-likeness (QED) is 0.812. The Bertz CT molecular complexity index is 551. The van der Waals surface area contributed by atoms with E-state index in [2.05, 4.69) is 36.8 Å². The lowest BCUT2D eigenvalue weighted by atomic mass is 10.1. The van der Waals surface area contributed by atoms with Crippen molar-refractivity contribution in [2.24, 2.45) is 0 Å². The number of hydrogen-bond acceptors (Lipinski definition) is 3. The van der Waals surface area contributed by atoms with Crippen LogP contribution in [0.2, 0.25) is 0 Å². The Balaban J connectivity index is 2.15. The molecule has 0 saturated carbocycles. The summed E-state index contributed by atoms with van der Waals surface area (Å²) in [5.74, 6) is 0.0364. The number of ketones is 1. The molecular weight excluding hydrogens is 372 g/mol. The lowest BCUT2D eigenvalue weighted by Gasteiger charge is -2.25. The predicted octanol–water partition coefficient (Wildman–Crippen LogP) is 3.29. The van der Waals surface area contributed by atoms with Crippen LogP contribution in [-0.4, -0.2) is 23.8 Å². The summed E-state index contributed by atoms with van der Waals surface area (Å²) in [6.45, 7) is 0.706. The smallest absolute Gasteiger partial charge is 0.178 e. The summed E-state index contributed by atoms with van der Waals surface area (Å²) in [5.41, 5.74) is 7.86. The highest BCUT2D eigenvalue weighted by atomic mass is 79.9. The van der Waals surface area contributed by atoms with Gasteiger partial charge in [0.25, 0.3) is 0 Å². The SMILES string of the molecule is CN(Cc1cc(Br)cc(Br)c1N)C1C=CC(=O)C=C1. The Morgan fingerprint density at radius 2 is 1.89 bits per heavy atom. The molecule has 1 aliphatic carbocycles. The van der Waals surface area contributed by atoms with Crippen LogP contribution in [0.25, 0.3) is 0 Å². The highest BCUT2D eigenvalue weighted by Crippen LogP contribution is 2.29. The van der Waals surface area contributed by atoms with Crippen molar-refractivity contribution < 1.29 is 4.79 Å². The number of hydrogen-bond donors (Lipinski definition) is 1. The Kier molecular flexibility index (Phi) is 4.60. The summed E-state index contributed by atoms with van der Waals surface area (Å²) in [4.78, 5) is 13.2. The molecule has 0 aliphatic heterocycles. The number of anilines is 1. The van der Waals surface area contributed by atoms with Gasteiger partial charge in [0.05, 0.1) is 5.69 Å². The van der Waals surface area contributed by atoms with Crippen LogP contribution in [0.1, 0.15) is 5.56 Å². The highest BCUT2D eigenvalue weighted by molar-refractivity contribution is 9.11. The van der Waals surface area contributed by atoms with Crippen molar-refractivity contribution >= 4 is 43.3 Å². The second kappa shape index (κ2) is 6.03. The molecule has 0 fully saturated rings. The molecule has 0 saturated heterocycles. The van der Waals surface area contributed by atoms with Gasteiger partial charge in [0, 0.05) is 21.5 Å². The van der Waals surface area contributed by atoms with Gasteiger partial charge < -0.3 is 5.73 Å². The zero-order chi connectivity index (χ0) is 14.0. The number of rotatable bonds is 3. The molecule has 0 unspecified atom stereocenters. The molecule has 2 rings (SSSR count). The Hall–Kier alpha value is -0.910. The molecule has 2 N–H and O–H groups in total. The monoisotopic (exact) mass is 384 g/mol. The van der Waals surface area contributed by atoms with E-state index in [1.54, 1.807) is 12.2 Å². The first kappa shape index (κ1) is 14.5. The van der Waals surface area contributed by atoms with Gasteiger partial charge >= 0.3 is 0 Å². The van der Waals surface area contributed by atoms with Gasteiger partial charge in [-0.1, -0.05) is 28.1 Å². The lowest BCUT2D eigenvalue weighted by Crippen LogP contribution is -2.29. The molecule has 1 aliphatic rings. The van der Waals surface area contributed by atoms with Gasteiger partial charge in [0.15, 0.2) is 5.78 Å². The van der Waals surface area contributed by atoms with Crippen molar-refractivity contribution in [2.75, 3.05) is 12.8 Å². The van der Waals surface area contributed by atoms with Gasteiger partial charge in [-0.25, -0.2) is 0 Å². The van der Waals surface area contributed by atoms with Crippen LogP contribution in [0.4, 0.5) is 5.69 Å². The maximum atomic E-state index is 11.1. The van der Waals surface area contributed by atoms with Crippen molar-refractivity contribution in [1.82, 2.24) is 4.90 Å². The zero-order valence-electron chi connectivity index (χ0n) is 10.4. The van der Waals surface area contributed by atoms with Crippen molar-refractivity contribution in [2.45, 2.75) is 12.6 Å². The van der Waals surface area contributed by atoms with E-state index >= 15 is 0 Å². The molecule has 1 aromatic rings. The van der Waals surface area contributed by atoms with Crippen molar-refractivity contribution in [1.29, 1.82) is 0 Å². The number of benzene rings is 1. The average molecular weight is 386 g/mol. The fraction of sp³-hybridized carbons (Fsp3) is 0.214. The lowest BCUT2D eigenvalue weighted by molar-refractivity contribution is -0.110. The second-order valence-electron chi connectivity index (χ2n) is 4.49. The maximum Gasteiger partial charge on any atom is 0.178 e. The minimum absolute atomic E-state index is 0.0364. The molecule has 0 amide bonds. The van der Waals surface area contributed by atoms with Gasteiger partial charge in [-0.3, -0.25) is 9.69 Å². The molecule has 1 aromatic carbocycles. The molecule has 5 heteroatoms. The van der Waals surface area contributed by atoms with Crippen LogP contribution >= 0.6 is 31.9 Å². The number of carbonyl (C=O) groups is 1. The number of allylic oxidation sites excluding steroid dienone is 2. The van der Waals surface area contributed by atoms with Gasteiger partial charge in [0.1, 0.15) is 0 Å². The summed E-state index contributed by atoms with van der Waals surface area (Å²) in [7, 11) is 2.00. The number of likely N-dealkylation sites (N-methyl/N-ethyl adjacent to an activating group) is 1. The van der Waals surface area contributed by atoms with Gasteiger partial charge in [-0.05, 0) is 52.8 Å². The standard InChI is InChI=1S/C14H14Br2N2O/c1-18(11-2-4-12(19)5-3-11)8-9-6-10(15)7-13(16)14(9)17/h2-7,11H,8,17H2,1H3. The second-order valence-corrected chi connectivity index (χ2v) is 6.26. The summed E-state index contributed by atoms with van der Waals surface area (Å²) in [6.07, 6.45) is 6.99. The van der Waals surface area contributed by atoms with Gasteiger partial charge in [-0.2, -0.15) is 0 Å². The molecule has 0 aromatic heterocycles. The first-order valence-electron chi connectivity index (χ1n) is 5.81. The number of halogens is 2. The minimum Gasteiger partial charge on any atom is -0.398 e. The van der Waals surface area contributed by atoms with Crippen molar-refractivity contribution in [3.63, 3.8) is 0 Å². The van der Waals surface area contributed by atoms with E-state index in [1.807, 2.05) is 31.3 Å². The van der Waals surface area contributed by atoms with Crippen LogP contribution < -0.4 is 5.73 Å². The summed E-state index contributed by atoms with van der Waals surface area (Å²) in [6, 6.07) is 4.06. The summed E-state index contributed by atoms with van der Waals surface area (Å²) >= 11 is 6.91. The molecule has 0 heterocycles. The third-order valence-electron chi connectivity index (χ3n) is 3.02. The fourth-order valence-corrected chi connectivity index (χ4v) is 3.26. The number of carbonyl (C=O) groups excluding carboxylic acids is 1. The van der Waals surface area contributed by atoms with Crippen LogP contribution in [0.3, 0.4) is 0 Å². The third kappa shape index (κ3) is 3.55. The Labute approximate surface area is 129 Å². The first-order chi connectivity index (χ1) is 8.97. The van der Waals surface area contributed by atoms with Crippen molar-refractivity contribution in [3.05, 3.63) is 50.9 Å². The van der Waals surface area contributed by atoms with E-state index in [0.29, 0.717) is 6.54 Å². The van der Waals surface area contributed by atoms with E-state index in [0.717, 1.165) is 20.2 Å². The van der Waals surface area contributed by atoms with Crippen LogP contribution in [0.5, 0.6) is 0 Å². The molecular formula is C14H14Br2N2O. The number of nitrogen functional groups attached to an aromatic ring is 1. The van der Waals surface area contributed by atoms with E-state index in [9.17, 15) is 4.79 Å². The topological polar surface area (TPSA) is 46.3 Å². The first-order valence-corrected chi connectivity index (χ1v) is 7.40. The normalized spacial score (nSPS) is 15.5. The predicted molar refractivity (Wildman–Crippen MR) is 84.8 cm³/mol. The Morgan fingerprint density at radius 3 is 2.53 bits per heavy atom. The van der Waals surface area contributed by atoms with E-state index in [1.165, 1.54) is 0 Å². The minimum atomic E-state index is 0.0364. The van der Waals surface area contributed by atoms with Gasteiger partial charge in [-0.15, -0.1) is 0 Å². The van der Waals surface area contributed by atoms with Crippen LogP contribution in [0, 0.1) is 0 Å². The average Bonchev–Trinajstić information content (AvgIpc) is 2.36. The summed E-state index contributed by atoms with van der Waals surface area (Å²) in [5, 5.41) is 0. The summed E-state index contributed by atoms with van der Waals surface area (Å²) < 4.78 is 1.87. The molecule has 100 valence electrons. The molecule has 3 nitrogen and oxygen atoms in total.